The molecule has 3 heteroatoms. The van der Waals surface area contributed by atoms with Gasteiger partial charge in [-0.15, -0.1) is 0 Å². The number of carbonyl (C=O) groups is 1. The fourth-order valence-corrected chi connectivity index (χ4v) is 2.43. The van der Waals surface area contributed by atoms with Crippen LogP contribution < -0.4 is 0 Å². The molecule has 2 rings (SSSR count). The maximum absolute atomic E-state index is 12.3. The van der Waals surface area contributed by atoms with Crippen molar-refractivity contribution in [2.24, 2.45) is 0 Å². The molecular formula is C19H22O3. The van der Waals surface area contributed by atoms with Crippen molar-refractivity contribution in [3.8, 4) is 11.1 Å². The van der Waals surface area contributed by atoms with Crippen LogP contribution in [0.5, 0.6) is 0 Å². The summed E-state index contributed by atoms with van der Waals surface area (Å²) in [4.78, 5) is 12.3. The van der Waals surface area contributed by atoms with Gasteiger partial charge >= 0.3 is 5.97 Å². The minimum Gasteiger partial charge on any atom is -0.464 e. The highest BCUT2D eigenvalue weighted by Crippen LogP contribution is 2.29. The predicted octanol–water partition coefficient (Wildman–Crippen LogP) is 4.17. The number of hydrogen-bond acceptors (Lipinski definition) is 3. The van der Waals surface area contributed by atoms with Gasteiger partial charge < -0.3 is 9.47 Å². The molecule has 0 N–H and O–H groups in total. The summed E-state index contributed by atoms with van der Waals surface area (Å²) in [6, 6.07) is 18.0. The monoisotopic (exact) mass is 298 g/mol. The molecule has 0 saturated carbocycles. The molecular weight excluding hydrogens is 276 g/mol. The van der Waals surface area contributed by atoms with Crippen molar-refractivity contribution < 1.29 is 14.3 Å². The van der Waals surface area contributed by atoms with Crippen LogP contribution in [0.2, 0.25) is 0 Å². The van der Waals surface area contributed by atoms with Gasteiger partial charge in [0.1, 0.15) is 0 Å². The molecule has 1 unspecified atom stereocenters. The molecule has 116 valence electrons. The standard InChI is InChI=1S/C19H22O3/c1-4-21-18(20)19(3,22-5-2)17-13-11-16(12-14-17)15-9-7-6-8-10-15/h6-14H,4-5H2,1-3H3. The lowest BCUT2D eigenvalue weighted by Crippen LogP contribution is -2.37. The highest BCUT2D eigenvalue weighted by molar-refractivity contribution is 5.81. The van der Waals surface area contributed by atoms with Gasteiger partial charge in [0.15, 0.2) is 5.60 Å². The minimum atomic E-state index is -1.07. The first-order chi connectivity index (χ1) is 10.6. The van der Waals surface area contributed by atoms with Crippen molar-refractivity contribution in [3.63, 3.8) is 0 Å². The smallest absolute Gasteiger partial charge is 0.342 e. The van der Waals surface area contributed by atoms with Gasteiger partial charge in [-0.2, -0.15) is 0 Å². The predicted molar refractivity (Wildman–Crippen MR) is 87.5 cm³/mol. The fraction of sp³-hybridized carbons (Fsp3) is 0.316. The van der Waals surface area contributed by atoms with Crippen molar-refractivity contribution in [3.05, 3.63) is 60.2 Å². The quantitative estimate of drug-likeness (QED) is 0.751. The second kappa shape index (κ2) is 7.23. The normalized spacial score (nSPS) is 13.4. The van der Waals surface area contributed by atoms with E-state index in [0.717, 1.165) is 16.7 Å². The van der Waals surface area contributed by atoms with Crippen LogP contribution in [-0.2, 0) is 19.9 Å². The molecule has 0 bridgehead atoms. The van der Waals surface area contributed by atoms with Crippen LogP contribution in [0, 0.1) is 0 Å². The third kappa shape index (κ3) is 3.37. The molecule has 0 saturated heterocycles. The molecule has 2 aromatic rings. The molecule has 3 nitrogen and oxygen atoms in total. The molecule has 0 aliphatic carbocycles. The van der Waals surface area contributed by atoms with Crippen LogP contribution >= 0.6 is 0 Å². The maximum Gasteiger partial charge on any atom is 0.342 e. The van der Waals surface area contributed by atoms with E-state index < -0.39 is 5.60 Å². The number of ether oxygens (including phenoxy) is 2. The third-order valence-electron chi connectivity index (χ3n) is 3.64. The topological polar surface area (TPSA) is 35.5 Å². The van der Waals surface area contributed by atoms with Gasteiger partial charge in [-0.3, -0.25) is 0 Å². The first-order valence-corrected chi connectivity index (χ1v) is 7.59. The van der Waals surface area contributed by atoms with E-state index in [1.807, 2.05) is 49.4 Å². The number of hydrogen-bond donors (Lipinski definition) is 0. The van der Waals surface area contributed by atoms with Crippen molar-refractivity contribution >= 4 is 5.97 Å². The molecule has 0 aromatic heterocycles. The van der Waals surface area contributed by atoms with Gasteiger partial charge in [0.05, 0.1) is 6.61 Å². The lowest BCUT2D eigenvalue weighted by Gasteiger charge is -2.27. The first kappa shape index (κ1) is 16.2. The van der Waals surface area contributed by atoms with Crippen LogP contribution in [0.3, 0.4) is 0 Å². The molecule has 1 atom stereocenters. The summed E-state index contributed by atoms with van der Waals surface area (Å²) in [5, 5.41) is 0. The molecule has 0 spiro atoms. The molecule has 0 aliphatic heterocycles. The van der Waals surface area contributed by atoms with E-state index in [0.29, 0.717) is 13.2 Å². The van der Waals surface area contributed by atoms with E-state index >= 15 is 0 Å². The molecule has 0 fully saturated rings. The van der Waals surface area contributed by atoms with E-state index in [1.165, 1.54) is 0 Å². The van der Waals surface area contributed by atoms with Crippen LogP contribution in [0.4, 0.5) is 0 Å². The second-order valence-electron chi connectivity index (χ2n) is 5.13. The third-order valence-corrected chi connectivity index (χ3v) is 3.64. The van der Waals surface area contributed by atoms with E-state index in [1.54, 1.807) is 13.8 Å². The zero-order chi connectivity index (χ0) is 16.0. The SMILES string of the molecule is CCOC(=O)C(C)(OCC)c1ccc(-c2ccccc2)cc1. The Morgan fingerprint density at radius 1 is 0.909 bits per heavy atom. The van der Waals surface area contributed by atoms with Crippen molar-refractivity contribution in [2.75, 3.05) is 13.2 Å². The number of esters is 1. The molecule has 0 aliphatic rings. The second-order valence-corrected chi connectivity index (χ2v) is 5.13. The Kier molecular flexibility index (Phi) is 5.34. The summed E-state index contributed by atoms with van der Waals surface area (Å²) in [6.45, 7) is 6.20. The lowest BCUT2D eigenvalue weighted by molar-refractivity contribution is -0.171. The van der Waals surface area contributed by atoms with Crippen molar-refractivity contribution in [2.45, 2.75) is 26.4 Å². The van der Waals surface area contributed by atoms with E-state index in [9.17, 15) is 4.79 Å². The Labute approximate surface area is 131 Å². The number of rotatable bonds is 6. The summed E-state index contributed by atoms with van der Waals surface area (Å²) in [6.07, 6.45) is 0. The Balaban J connectivity index is 2.32. The Bertz CT molecular complexity index is 604. The Morgan fingerprint density at radius 2 is 1.50 bits per heavy atom. The summed E-state index contributed by atoms with van der Waals surface area (Å²) in [5.74, 6) is -0.357. The van der Waals surface area contributed by atoms with E-state index in [2.05, 4.69) is 12.1 Å². The van der Waals surface area contributed by atoms with Crippen LogP contribution in [0.1, 0.15) is 26.3 Å². The van der Waals surface area contributed by atoms with Crippen LogP contribution in [0.25, 0.3) is 11.1 Å². The average molecular weight is 298 g/mol. The van der Waals surface area contributed by atoms with Gasteiger partial charge in [0, 0.05) is 6.61 Å². The largest absolute Gasteiger partial charge is 0.464 e. The Morgan fingerprint density at radius 3 is 2.05 bits per heavy atom. The molecule has 0 heterocycles. The summed E-state index contributed by atoms with van der Waals surface area (Å²) < 4.78 is 10.9. The summed E-state index contributed by atoms with van der Waals surface area (Å²) >= 11 is 0. The van der Waals surface area contributed by atoms with Gasteiger partial charge in [-0.05, 0) is 37.5 Å². The van der Waals surface area contributed by atoms with Crippen molar-refractivity contribution in [1.82, 2.24) is 0 Å². The highest BCUT2D eigenvalue weighted by atomic mass is 16.6. The number of carbonyl (C=O) groups excluding carboxylic acids is 1. The minimum absolute atomic E-state index is 0.337. The molecule has 0 amide bonds. The van der Waals surface area contributed by atoms with Crippen LogP contribution in [0.15, 0.2) is 54.6 Å². The summed E-state index contributed by atoms with van der Waals surface area (Å²) in [7, 11) is 0. The zero-order valence-electron chi connectivity index (χ0n) is 13.3. The van der Waals surface area contributed by atoms with Crippen LogP contribution in [-0.4, -0.2) is 19.2 Å². The fourth-order valence-electron chi connectivity index (χ4n) is 2.43. The molecule has 2 aromatic carbocycles. The van der Waals surface area contributed by atoms with Crippen molar-refractivity contribution in [1.29, 1.82) is 0 Å². The van der Waals surface area contributed by atoms with Gasteiger partial charge in [0.25, 0.3) is 0 Å². The maximum atomic E-state index is 12.3. The number of benzene rings is 2. The first-order valence-electron chi connectivity index (χ1n) is 7.59. The van der Waals surface area contributed by atoms with Gasteiger partial charge in [-0.25, -0.2) is 4.79 Å². The van der Waals surface area contributed by atoms with Gasteiger partial charge in [-0.1, -0.05) is 54.6 Å². The Hall–Kier alpha value is -2.13. The van der Waals surface area contributed by atoms with Gasteiger partial charge in [0.2, 0.25) is 0 Å². The zero-order valence-corrected chi connectivity index (χ0v) is 13.3. The summed E-state index contributed by atoms with van der Waals surface area (Å²) in [5.41, 5.74) is 1.97. The molecule has 0 radical (unpaired) electrons. The highest BCUT2D eigenvalue weighted by Gasteiger charge is 2.37. The molecule has 22 heavy (non-hydrogen) atoms. The van der Waals surface area contributed by atoms with E-state index in [-0.39, 0.29) is 5.97 Å². The van der Waals surface area contributed by atoms with E-state index in [4.69, 9.17) is 9.47 Å². The lowest BCUT2D eigenvalue weighted by atomic mass is 9.93. The average Bonchev–Trinajstić information content (AvgIpc) is 2.56.